The van der Waals surface area contributed by atoms with E-state index in [0.29, 0.717) is 11.0 Å². The van der Waals surface area contributed by atoms with Crippen LogP contribution in [0.15, 0.2) is 23.1 Å². The second kappa shape index (κ2) is 6.18. The SMILES string of the molecule is CN(CCC(F)(F)F)C(=O)c1cc(F)ccc1S(=O)(=O)Cl. The van der Waals surface area contributed by atoms with Crippen LogP contribution in [0.5, 0.6) is 0 Å². The third-order valence-corrected chi connectivity index (χ3v) is 3.89. The molecule has 0 N–H and O–H groups in total. The van der Waals surface area contributed by atoms with Gasteiger partial charge in [-0.25, -0.2) is 12.8 Å². The van der Waals surface area contributed by atoms with Crippen LogP contribution in [0.3, 0.4) is 0 Å². The summed E-state index contributed by atoms with van der Waals surface area (Å²) in [6.45, 7) is -0.694. The quantitative estimate of drug-likeness (QED) is 0.621. The van der Waals surface area contributed by atoms with Crippen LogP contribution in [0.25, 0.3) is 0 Å². The van der Waals surface area contributed by atoms with Crippen LogP contribution in [-0.2, 0) is 9.05 Å². The van der Waals surface area contributed by atoms with Gasteiger partial charge in [-0.05, 0) is 18.2 Å². The zero-order valence-electron chi connectivity index (χ0n) is 10.6. The fraction of sp³-hybridized carbons (Fsp3) is 0.364. The molecule has 10 heteroatoms. The van der Waals surface area contributed by atoms with Gasteiger partial charge in [0.15, 0.2) is 0 Å². The van der Waals surface area contributed by atoms with Crippen LogP contribution >= 0.6 is 10.7 Å². The molecule has 0 atom stereocenters. The highest BCUT2D eigenvalue weighted by Crippen LogP contribution is 2.24. The predicted molar refractivity (Wildman–Crippen MR) is 67.1 cm³/mol. The van der Waals surface area contributed by atoms with Crippen molar-refractivity contribution in [3.63, 3.8) is 0 Å². The van der Waals surface area contributed by atoms with E-state index in [1.165, 1.54) is 0 Å². The molecule has 1 aromatic carbocycles. The summed E-state index contributed by atoms with van der Waals surface area (Å²) in [5, 5.41) is 0. The molecule has 0 unspecified atom stereocenters. The number of hydrogen-bond acceptors (Lipinski definition) is 3. The van der Waals surface area contributed by atoms with Crippen molar-refractivity contribution in [2.45, 2.75) is 17.5 Å². The first-order chi connectivity index (χ1) is 9.42. The highest BCUT2D eigenvalue weighted by Gasteiger charge is 2.29. The zero-order chi connectivity index (χ0) is 16.4. The summed E-state index contributed by atoms with van der Waals surface area (Å²) < 4.78 is 72.0. The summed E-state index contributed by atoms with van der Waals surface area (Å²) >= 11 is 0. The molecule has 0 aliphatic heterocycles. The molecule has 0 heterocycles. The number of carbonyl (C=O) groups is 1. The zero-order valence-corrected chi connectivity index (χ0v) is 12.2. The highest BCUT2D eigenvalue weighted by molar-refractivity contribution is 8.13. The van der Waals surface area contributed by atoms with Crippen LogP contribution in [0, 0.1) is 5.82 Å². The maximum absolute atomic E-state index is 13.1. The van der Waals surface area contributed by atoms with Gasteiger partial charge in [0.1, 0.15) is 5.82 Å². The number of halogens is 5. The van der Waals surface area contributed by atoms with Crippen molar-refractivity contribution in [1.82, 2.24) is 4.90 Å². The second-order valence-electron chi connectivity index (χ2n) is 4.17. The Bertz CT molecular complexity index is 645. The fourth-order valence-electron chi connectivity index (χ4n) is 1.48. The lowest BCUT2D eigenvalue weighted by Crippen LogP contribution is -2.31. The standard InChI is InChI=1S/C11H10ClF4NO3S/c1-17(5-4-11(14,15)16)10(18)8-6-7(13)2-3-9(8)21(12,19)20/h2-3,6H,4-5H2,1H3. The van der Waals surface area contributed by atoms with E-state index in [1.807, 2.05) is 0 Å². The third-order valence-electron chi connectivity index (χ3n) is 2.51. The Balaban J connectivity index is 3.10. The first-order valence-corrected chi connectivity index (χ1v) is 7.79. The van der Waals surface area contributed by atoms with E-state index in [-0.39, 0.29) is 0 Å². The number of benzene rings is 1. The van der Waals surface area contributed by atoms with E-state index in [4.69, 9.17) is 10.7 Å². The molecule has 0 saturated carbocycles. The van der Waals surface area contributed by atoms with Crippen LogP contribution in [0.4, 0.5) is 17.6 Å². The van der Waals surface area contributed by atoms with Gasteiger partial charge in [0.25, 0.3) is 15.0 Å². The number of rotatable bonds is 4. The molecule has 0 aromatic heterocycles. The Morgan fingerprint density at radius 3 is 2.38 bits per heavy atom. The molecule has 0 aliphatic carbocycles. The Hall–Kier alpha value is -1.35. The summed E-state index contributed by atoms with van der Waals surface area (Å²) in [5.41, 5.74) is -0.616. The first kappa shape index (κ1) is 17.7. The fourth-order valence-corrected chi connectivity index (χ4v) is 2.53. The van der Waals surface area contributed by atoms with Crippen LogP contribution in [0.2, 0.25) is 0 Å². The predicted octanol–water partition coefficient (Wildman–Crippen LogP) is 2.78. The van der Waals surface area contributed by atoms with Gasteiger partial charge in [0.05, 0.1) is 16.9 Å². The molecular weight excluding hydrogens is 338 g/mol. The summed E-state index contributed by atoms with van der Waals surface area (Å²) in [6, 6.07) is 2.17. The number of hydrogen-bond donors (Lipinski definition) is 0. The van der Waals surface area contributed by atoms with E-state index in [1.54, 1.807) is 0 Å². The Kier molecular flexibility index (Phi) is 5.21. The molecule has 4 nitrogen and oxygen atoms in total. The molecule has 21 heavy (non-hydrogen) atoms. The number of amides is 1. The van der Waals surface area contributed by atoms with Gasteiger partial charge >= 0.3 is 6.18 Å². The highest BCUT2D eigenvalue weighted by atomic mass is 35.7. The molecule has 0 radical (unpaired) electrons. The average molecular weight is 348 g/mol. The minimum absolute atomic E-state index is 0.613. The van der Waals surface area contributed by atoms with Gasteiger partial charge in [0, 0.05) is 24.3 Å². The number of carbonyl (C=O) groups excluding carboxylic acids is 1. The van der Waals surface area contributed by atoms with Crippen LogP contribution in [0.1, 0.15) is 16.8 Å². The lowest BCUT2D eigenvalue weighted by atomic mass is 10.2. The van der Waals surface area contributed by atoms with Crippen molar-refractivity contribution < 1.29 is 30.8 Å². The molecule has 1 aromatic rings. The Morgan fingerprint density at radius 2 is 1.90 bits per heavy atom. The minimum Gasteiger partial charge on any atom is -0.341 e. The van der Waals surface area contributed by atoms with E-state index < -0.39 is 50.4 Å². The van der Waals surface area contributed by atoms with Crippen molar-refractivity contribution in [3.05, 3.63) is 29.6 Å². The second-order valence-corrected chi connectivity index (χ2v) is 6.70. The largest absolute Gasteiger partial charge is 0.390 e. The van der Waals surface area contributed by atoms with Crippen molar-refractivity contribution in [1.29, 1.82) is 0 Å². The maximum Gasteiger partial charge on any atom is 0.390 e. The summed E-state index contributed by atoms with van der Waals surface area (Å²) in [5.74, 6) is -1.98. The van der Waals surface area contributed by atoms with Crippen molar-refractivity contribution in [3.8, 4) is 0 Å². The van der Waals surface area contributed by atoms with Crippen LogP contribution in [-0.4, -0.2) is 39.0 Å². The monoisotopic (exact) mass is 347 g/mol. The summed E-state index contributed by atoms with van der Waals surface area (Å²) in [4.78, 5) is 11.9. The Labute approximate surface area is 122 Å². The van der Waals surface area contributed by atoms with Gasteiger partial charge in [-0.1, -0.05) is 0 Å². The lowest BCUT2D eigenvalue weighted by Gasteiger charge is -2.19. The first-order valence-electron chi connectivity index (χ1n) is 5.48. The van der Waals surface area contributed by atoms with E-state index in [9.17, 15) is 30.8 Å². The van der Waals surface area contributed by atoms with Crippen molar-refractivity contribution in [2.75, 3.05) is 13.6 Å². The van der Waals surface area contributed by atoms with Gasteiger partial charge in [0.2, 0.25) is 0 Å². The molecule has 0 bridgehead atoms. The lowest BCUT2D eigenvalue weighted by molar-refractivity contribution is -0.136. The topological polar surface area (TPSA) is 54.5 Å². The molecule has 0 aliphatic rings. The Morgan fingerprint density at radius 1 is 1.33 bits per heavy atom. The van der Waals surface area contributed by atoms with Gasteiger partial charge in [-0.3, -0.25) is 4.79 Å². The summed E-state index contributed by atoms with van der Waals surface area (Å²) in [7, 11) is 1.82. The molecule has 118 valence electrons. The van der Waals surface area contributed by atoms with E-state index >= 15 is 0 Å². The van der Waals surface area contributed by atoms with E-state index in [2.05, 4.69) is 0 Å². The third kappa shape index (κ3) is 5.16. The number of alkyl halides is 3. The molecule has 0 saturated heterocycles. The normalized spacial score (nSPS) is 12.3. The van der Waals surface area contributed by atoms with Crippen molar-refractivity contribution in [2.24, 2.45) is 0 Å². The summed E-state index contributed by atoms with van der Waals surface area (Å²) in [6.07, 6.45) is -5.74. The molecule has 0 fully saturated rings. The molecular formula is C11H10ClF4NO3S. The average Bonchev–Trinajstić information content (AvgIpc) is 2.32. The molecule has 0 spiro atoms. The van der Waals surface area contributed by atoms with E-state index in [0.717, 1.165) is 19.2 Å². The van der Waals surface area contributed by atoms with Crippen LogP contribution < -0.4 is 0 Å². The molecule has 1 amide bonds. The van der Waals surface area contributed by atoms with Gasteiger partial charge < -0.3 is 4.90 Å². The smallest absolute Gasteiger partial charge is 0.341 e. The van der Waals surface area contributed by atoms with Gasteiger partial charge in [-0.15, -0.1) is 0 Å². The van der Waals surface area contributed by atoms with Gasteiger partial charge in [-0.2, -0.15) is 13.2 Å². The number of nitrogens with zero attached hydrogens (tertiary/aromatic N) is 1. The maximum atomic E-state index is 13.1. The minimum atomic E-state index is -4.47. The van der Waals surface area contributed by atoms with Crippen molar-refractivity contribution >= 4 is 25.6 Å². The molecule has 1 rings (SSSR count).